The Morgan fingerprint density at radius 3 is 2.75 bits per heavy atom. The van der Waals surface area contributed by atoms with Gasteiger partial charge in [-0.05, 0) is 74.2 Å². The number of aromatic carboxylic acids is 1. The Hall–Kier alpha value is -2.53. The molecular weight excluding hydrogens is 354 g/mol. The van der Waals surface area contributed by atoms with Crippen LogP contribution >= 0.6 is 0 Å². The maximum absolute atomic E-state index is 11.2. The van der Waals surface area contributed by atoms with E-state index >= 15 is 0 Å². The molecule has 0 aromatic heterocycles. The first-order valence-electron chi connectivity index (χ1n) is 9.86. The molecule has 2 heterocycles. The van der Waals surface area contributed by atoms with Gasteiger partial charge in [-0.1, -0.05) is 12.1 Å². The lowest BCUT2D eigenvalue weighted by atomic mass is 9.78. The molecule has 2 aromatic carbocycles. The first-order valence-corrected chi connectivity index (χ1v) is 9.86. The molecule has 0 aliphatic carbocycles. The number of hydrogen-bond acceptors (Lipinski definition) is 4. The fraction of sp³-hybridized carbons (Fsp3) is 0.435. The minimum absolute atomic E-state index is 0.151. The van der Waals surface area contributed by atoms with Gasteiger partial charge in [-0.15, -0.1) is 0 Å². The van der Waals surface area contributed by atoms with Crippen LogP contribution in [0, 0.1) is 0 Å². The van der Waals surface area contributed by atoms with E-state index in [1.165, 1.54) is 5.56 Å². The summed E-state index contributed by atoms with van der Waals surface area (Å²) in [4.78, 5) is 13.7. The molecule has 148 valence electrons. The summed E-state index contributed by atoms with van der Waals surface area (Å²) < 4.78 is 11.8. The van der Waals surface area contributed by atoms with Gasteiger partial charge in [0, 0.05) is 19.0 Å². The molecule has 2 aliphatic rings. The van der Waals surface area contributed by atoms with E-state index in [4.69, 9.17) is 9.47 Å². The van der Waals surface area contributed by atoms with Crippen LogP contribution < -0.4 is 9.47 Å². The van der Waals surface area contributed by atoms with Gasteiger partial charge >= 0.3 is 5.97 Å². The lowest BCUT2D eigenvalue weighted by Gasteiger charge is -2.47. The lowest BCUT2D eigenvalue weighted by Crippen LogP contribution is -2.53. The lowest BCUT2D eigenvalue weighted by molar-refractivity contribution is -0.0330. The van der Waals surface area contributed by atoms with Crippen molar-refractivity contribution in [3.8, 4) is 11.5 Å². The number of likely N-dealkylation sites (tertiary alicyclic amines) is 1. The average molecular weight is 381 g/mol. The standard InChI is InChI=1S/C23H27NO4/c1-24-12-11-23(15-19(24)13-16-3-6-20(27-2)7-4-16)10-9-17-14-18(22(25)26)5-8-21(17)28-23/h3-8,14,19H,9-13,15H2,1-2H3,(H,25,26). The number of carbonyl (C=O) groups is 1. The fourth-order valence-corrected chi connectivity index (χ4v) is 4.49. The first kappa shape index (κ1) is 18.8. The largest absolute Gasteiger partial charge is 0.497 e. The van der Waals surface area contributed by atoms with Gasteiger partial charge in [0.15, 0.2) is 0 Å². The van der Waals surface area contributed by atoms with E-state index in [-0.39, 0.29) is 5.60 Å². The van der Waals surface area contributed by atoms with Crippen molar-refractivity contribution >= 4 is 5.97 Å². The summed E-state index contributed by atoms with van der Waals surface area (Å²) in [5, 5.41) is 9.21. The highest BCUT2D eigenvalue weighted by Crippen LogP contribution is 2.41. The second-order valence-corrected chi connectivity index (χ2v) is 8.05. The summed E-state index contributed by atoms with van der Waals surface area (Å²) in [5.74, 6) is 0.844. The Bertz CT molecular complexity index is 863. The van der Waals surface area contributed by atoms with Crippen LogP contribution in [0.15, 0.2) is 42.5 Å². The van der Waals surface area contributed by atoms with Crippen molar-refractivity contribution in [3.63, 3.8) is 0 Å². The van der Waals surface area contributed by atoms with Crippen LogP contribution in [0.2, 0.25) is 0 Å². The molecule has 1 fully saturated rings. The van der Waals surface area contributed by atoms with Crippen LogP contribution in [0.4, 0.5) is 0 Å². The molecule has 28 heavy (non-hydrogen) atoms. The van der Waals surface area contributed by atoms with E-state index in [1.807, 2.05) is 18.2 Å². The van der Waals surface area contributed by atoms with Gasteiger partial charge in [0.1, 0.15) is 17.1 Å². The minimum atomic E-state index is -0.887. The number of fused-ring (bicyclic) bond motifs is 1. The molecular formula is C23H27NO4. The van der Waals surface area contributed by atoms with Crippen LogP contribution in [-0.4, -0.2) is 48.3 Å². The summed E-state index contributed by atoms with van der Waals surface area (Å²) in [6.07, 6.45) is 4.78. The Balaban J connectivity index is 1.50. The molecule has 2 unspecified atom stereocenters. The van der Waals surface area contributed by atoms with Crippen LogP contribution in [0.5, 0.6) is 11.5 Å². The van der Waals surface area contributed by atoms with Crippen molar-refractivity contribution in [1.82, 2.24) is 4.90 Å². The third-order valence-corrected chi connectivity index (χ3v) is 6.27. The van der Waals surface area contributed by atoms with Gasteiger partial charge in [-0.3, -0.25) is 0 Å². The number of carboxylic acid groups (broad SMARTS) is 1. The van der Waals surface area contributed by atoms with E-state index in [0.29, 0.717) is 11.6 Å². The van der Waals surface area contributed by atoms with Crippen LogP contribution in [0.25, 0.3) is 0 Å². The number of benzene rings is 2. The molecule has 1 N–H and O–H groups in total. The third-order valence-electron chi connectivity index (χ3n) is 6.27. The van der Waals surface area contributed by atoms with Gasteiger partial charge in [-0.25, -0.2) is 4.79 Å². The third kappa shape index (κ3) is 3.72. The van der Waals surface area contributed by atoms with E-state index in [0.717, 1.165) is 55.7 Å². The van der Waals surface area contributed by atoms with E-state index in [2.05, 4.69) is 24.1 Å². The number of aryl methyl sites for hydroxylation is 1. The molecule has 0 amide bonds. The molecule has 5 nitrogen and oxygen atoms in total. The van der Waals surface area contributed by atoms with Crippen LogP contribution in [0.3, 0.4) is 0 Å². The number of methoxy groups -OCH3 is 1. The van der Waals surface area contributed by atoms with Crippen LogP contribution in [0.1, 0.15) is 40.7 Å². The van der Waals surface area contributed by atoms with Gasteiger partial charge in [-0.2, -0.15) is 0 Å². The zero-order valence-electron chi connectivity index (χ0n) is 16.5. The highest BCUT2D eigenvalue weighted by atomic mass is 16.5. The summed E-state index contributed by atoms with van der Waals surface area (Å²) in [6.45, 7) is 1.00. The number of piperidine rings is 1. The van der Waals surface area contributed by atoms with Crippen molar-refractivity contribution in [1.29, 1.82) is 0 Å². The van der Waals surface area contributed by atoms with Crippen LogP contribution in [-0.2, 0) is 12.8 Å². The monoisotopic (exact) mass is 381 g/mol. The molecule has 5 heteroatoms. The van der Waals surface area contributed by atoms with Crippen molar-refractivity contribution < 1.29 is 19.4 Å². The number of ether oxygens (including phenoxy) is 2. The summed E-state index contributed by atoms with van der Waals surface area (Å²) in [6, 6.07) is 14.0. The molecule has 2 aliphatic heterocycles. The highest BCUT2D eigenvalue weighted by molar-refractivity contribution is 5.88. The fourth-order valence-electron chi connectivity index (χ4n) is 4.49. The summed E-state index contributed by atoms with van der Waals surface area (Å²) in [7, 11) is 3.88. The molecule has 0 bridgehead atoms. The molecule has 0 radical (unpaired) electrons. The van der Waals surface area contributed by atoms with Crippen molar-refractivity contribution in [2.45, 2.75) is 43.7 Å². The molecule has 4 rings (SSSR count). The predicted octanol–water partition coefficient (Wildman–Crippen LogP) is 3.79. The number of likely N-dealkylation sites (N-methyl/N-ethyl adjacent to an activating group) is 1. The van der Waals surface area contributed by atoms with Gasteiger partial charge in [0.2, 0.25) is 0 Å². The van der Waals surface area contributed by atoms with Gasteiger partial charge < -0.3 is 19.5 Å². The van der Waals surface area contributed by atoms with Crippen molar-refractivity contribution in [2.75, 3.05) is 20.7 Å². The molecule has 0 saturated carbocycles. The normalized spacial score (nSPS) is 24.4. The Morgan fingerprint density at radius 1 is 1.25 bits per heavy atom. The Morgan fingerprint density at radius 2 is 2.04 bits per heavy atom. The smallest absolute Gasteiger partial charge is 0.335 e. The Kier molecular flexibility index (Phi) is 5.02. The maximum Gasteiger partial charge on any atom is 0.335 e. The minimum Gasteiger partial charge on any atom is -0.497 e. The SMILES string of the molecule is COc1ccc(CC2CC3(CCc4cc(C(=O)O)ccc4O3)CCN2C)cc1. The Labute approximate surface area is 165 Å². The highest BCUT2D eigenvalue weighted by Gasteiger charge is 2.42. The predicted molar refractivity (Wildman–Crippen MR) is 107 cm³/mol. The second-order valence-electron chi connectivity index (χ2n) is 8.05. The van der Waals surface area contributed by atoms with Crippen molar-refractivity contribution in [2.24, 2.45) is 0 Å². The molecule has 1 saturated heterocycles. The van der Waals surface area contributed by atoms with E-state index in [1.54, 1.807) is 19.2 Å². The van der Waals surface area contributed by atoms with E-state index in [9.17, 15) is 9.90 Å². The number of carboxylic acids is 1. The number of rotatable bonds is 4. The first-order chi connectivity index (χ1) is 13.5. The zero-order chi connectivity index (χ0) is 19.7. The van der Waals surface area contributed by atoms with E-state index < -0.39 is 5.97 Å². The topological polar surface area (TPSA) is 59.0 Å². The zero-order valence-corrected chi connectivity index (χ0v) is 16.5. The molecule has 1 spiro atoms. The van der Waals surface area contributed by atoms with Gasteiger partial charge in [0.05, 0.1) is 12.7 Å². The quantitative estimate of drug-likeness (QED) is 0.873. The number of nitrogens with zero attached hydrogens (tertiary/aromatic N) is 1. The second kappa shape index (κ2) is 7.47. The average Bonchev–Trinajstić information content (AvgIpc) is 2.71. The molecule has 2 aromatic rings. The summed E-state index contributed by atoms with van der Waals surface area (Å²) in [5.41, 5.74) is 2.49. The maximum atomic E-state index is 11.2. The summed E-state index contributed by atoms with van der Waals surface area (Å²) >= 11 is 0. The number of hydrogen-bond donors (Lipinski definition) is 1. The van der Waals surface area contributed by atoms with Gasteiger partial charge in [0.25, 0.3) is 0 Å². The molecule has 2 atom stereocenters. The van der Waals surface area contributed by atoms with Crippen molar-refractivity contribution in [3.05, 3.63) is 59.2 Å².